The predicted molar refractivity (Wildman–Crippen MR) is 89.4 cm³/mol. The number of benzene rings is 2. The smallest absolute Gasteiger partial charge is 0.335 e. The molecule has 2 aromatic rings. The van der Waals surface area contributed by atoms with Crippen LogP contribution in [0, 0.1) is 0 Å². The SMILES string of the molecule is CN(CCN(C)c1ccccc1)Cc1cccc(C(=O)O)c1. The van der Waals surface area contributed by atoms with Crippen molar-refractivity contribution in [2.24, 2.45) is 0 Å². The first-order chi connectivity index (χ1) is 10.6. The van der Waals surface area contributed by atoms with Gasteiger partial charge in [-0.2, -0.15) is 0 Å². The van der Waals surface area contributed by atoms with Crippen molar-refractivity contribution in [2.75, 3.05) is 32.1 Å². The van der Waals surface area contributed by atoms with Gasteiger partial charge in [0.25, 0.3) is 0 Å². The molecule has 0 spiro atoms. The van der Waals surface area contributed by atoms with Gasteiger partial charge in [0.15, 0.2) is 0 Å². The Kier molecular flexibility index (Phi) is 5.55. The maximum Gasteiger partial charge on any atom is 0.335 e. The molecule has 0 aromatic heterocycles. The van der Waals surface area contributed by atoms with E-state index in [0.717, 1.165) is 25.2 Å². The van der Waals surface area contributed by atoms with E-state index >= 15 is 0 Å². The topological polar surface area (TPSA) is 43.8 Å². The molecule has 0 unspecified atom stereocenters. The molecule has 22 heavy (non-hydrogen) atoms. The van der Waals surface area contributed by atoms with E-state index in [0.29, 0.717) is 5.56 Å². The number of likely N-dealkylation sites (N-methyl/N-ethyl adjacent to an activating group) is 2. The van der Waals surface area contributed by atoms with Gasteiger partial charge in [-0.1, -0.05) is 30.3 Å². The minimum absolute atomic E-state index is 0.340. The number of carboxylic acid groups (broad SMARTS) is 1. The number of carboxylic acids is 1. The van der Waals surface area contributed by atoms with Crippen LogP contribution in [-0.2, 0) is 6.54 Å². The Bertz CT molecular complexity index is 613. The zero-order valence-corrected chi connectivity index (χ0v) is 13.1. The molecule has 2 aromatic carbocycles. The number of anilines is 1. The Morgan fingerprint density at radius 3 is 2.41 bits per heavy atom. The number of nitrogens with zero attached hydrogens (tertiary/aromatic N) is 2. The summed E-state index contributed by atoms with van der Waals surface area (Å²) in [7, 11) is 4.13. The summed E-state index contributed by atoms with van der Waals surface area (Å²) < 4.78 is 0. The van der Waals surface area contributed by atoms with Crippen LogP contribution in [0.15, 0.2) is 54.6 Å². The van der Waals surface area contributed by atoms with Gasteiger partial charge in [0.05, 0.1) is 5.56 Å². The Morgan fingerprint density at radius 2 is 1.73 bits per heavy atom. The van der Waals surface area contributed by atoms with Gasteiger partial charge < -0.3 is 14.9 Å². The minimum Gasteiger partial charge on any atom is -0.478 e. The van der Waals surface area contributed by atoms with Crippen LogP contribution in [-0.4, -0.2) is 43.2 Å². The largest absolute Gasteiger partial charge is 0.478 e. The van der Waals surface area contributed by atoms with Gasteiger partial charge in [0, 0.05) is 32.4 Å². The highest BCUT2D eigenvalue weighted by molar-refractivity contribution is 5.87. The second kappa shape index (κ2) is 7.61. The van der Waals surface area contributed by atoms with Gasteiger partial charge in [-0.05, 0) is 36.9 Å². The van der Waals surface area contributed by atoms with E-state index in [2.05, 4.69) is 29.0 Å². The van der Waals surface area contributed by atoms with E-state index in [1.165, 1.54) is 5.69 Å². The fourth-order valence-electron chi connectivity index (χ4n) is 2.33. The van der Waals surface area contributed by atoms with Gasteiger partial charge in [-0.15, -0.1) is 0 Å². The highest BCUT2D eigenvalue weighted by atomic mass is 16.4. The number of hydrogen-bond acceptors (Lipinski definition) is 3. The molecule has 0 fully saturated rings. The lowest BCUT2D eigenvalue weighted by molar-refractivity contribution is 0.0696. The lowest BCUT2D eigenvalue weighted by Gasteiger charge is -2.23. The molecular weight excluding hydrogens is 276 g/mol. The van der Waals surface area contributed by atoms with Gasteiger partial charge in [-0.25, -0.2) is 4.79 Å². The molecule has 4 heteroatoms. The summed E-state index contributed by atoms with van der Waals surface area (Å²) >= 11 is 0. The van der Waals surface area contributed by atoms with Crippen molar-refractivity contribution in [1.29, 1.82) is 0 Å². The Morgan fingerprint density at radius 1 is 1.00 bits per heavy atom. The zero-order valence-electron chi connectivity index (χ0n) is 13.1. The van der Waals surface area contributed by atoms with Gasteiger partial charge in [0.2, 0.25) is 0 Å². The van der Waals surface area contributed by atoms with Crippen LogP contribution in [0.1, 0.15) is 15.9 Å². The van der Waals surface area contributed by atoms with Crippen molar-refractivity contribution >= 4 is 11.7 Å². The van der Waals surface area contributed by atoms with Gasteiger partial charge in [-0.3, -0.25) is 0 Å². The predicted octanol–water partition coefficient (Wildman–Crippen LogP) is 2.95. The molecular formula is C18H22N2O2. The highest BCUT2D eigenvalue weighted by Gasteiger charge is 2.06. The van der Waals surface area contributed by atoms with Crippen LogP contribution in [0.4, 0.5) is 5.69 Å². The molecule has 2 rings (SSSR count). The lowest BCUT2D eigenvalue weighted by atomic mass is 10.1. The molecule has 0 radical (unpaired) electrons. The van der Waals surface area contributed by atoms with Crippen molar-refractivity contribution in [2.45, 2.75) is 6.54 Å². The minimum atomic E-state index is -0.881. The first kappa shape index (κ1) is 16.0. The molecule has 0 heterocycles. The summed E-state index contributed by atoms with van der Waals surface area (Å²) in [6.07, 6.45) is 0. The van der Waals surface area contributed by atoms with Crippen LogP contribution < -0.4 is 4.90 Å². The van der Waals surface area contributed by atoms with Crippen LogP contribution >= 0.6 is 0 Å². The molecule has 0 amide bonds. The quantitative estimate of drug-likeness (QED) is 0.853. The molecule has 0 atom stereocenters. The average molecular weight is 298 g/mol. The second-order valence-corrected chi connectivity index (χ2v) is 5.50. The van der Waals surface area contributed by atoms with E-state index < -0.39 is 5.97 Å². The Balaban J connectivity index is 1.86. The Labute approximate surface area is 131 Å². The third-order valence-electron chi connectivity index (χ3n) is 3.64. The zero-order chi connectivity index (χ0) is 15.9. The molecule has 0 saturated heterocycles. The van der Waals surface area contributed by atoms with Crippen molar-refractivity contribution < 1.29 is 9.90 Å². The molecule has 0 saturated carbocycles. The third kappa shape index (κ3) is 4.60. The van der Waals surface area contributed by atoms with E-state index in [-0.39, 0.29) is 0 Å². The monoisotopic (exact) mass is 298 g/mol. The van der Waals surface area contributed by atoms with E-state index in [1.54, 1.807) is 18.2 Å². The maximum atomic E-state index is 11.0. The summed E-state index contributed by atoms with van der Waals surface area (Å²) in [5, 5.41) is 9.03. The van der Waals surface area contributed by atoms with Crippen LogP contribution in [0.3, 0.4) is 0 Å². The van der Waals surface area contributed by atoms with E-state index in [9.17, 15) is 4.79 Å². The third-order valence-corrected chi connectivity index (χ3v) is 3.64. The number of carbonyl (C=O) groups is 1. The normalized spacial score (nSPS) is 10.7. The fraction of sp³-hybridized carbons (Fsp3) is 0.278. The molecule has 0 bridgehead atoms. The van der Waals surface area contributed by atoms with Crippen molar-refractivity contribution in [1.82, 2.24) is 4.90 Å². The molecule has 1 N–H and O–H groups in total. The average Bonchev–Trinajstić information content (AvgIpc) is 2.53. The van der Waals surface area contributed by atoms with Crippen LogP contribution in [0.2, 0.25) is 0 Å². The van der Waals surface area contributed by atoms with Gasteiger partial charge >= 0.3 is 5.97 Å². The molecule has 0 aliphatic heterocycles. The summed E-state index contributed by atoms with van der Waals surface area (Å²) in [4.78, 5) is 15.4. The number of para-hydroxylation sites is 1. The molecule has 116 valence electrons. The number of hydrogen-bond donors (Lipinski definition) is 1. The van der Waals surface area contributed by atoms with E-state index in [4.69, 9.17) is 5.11 Å². The first-order valence-corrected chi connectivity index (χ1v) is 7.33. The maximum absolute atomic E-state index is 11.0. The summed E-state index contributed by atoms with van der Waals surface area (Å²) in [5.41, 5.74) is 2.56. The van der Waals surface area contributed by atoms with Crippen molar-refractivity contribution in [3.05, 3.63) is 65.7 Å². The first-order valence-electron chi connectivity index (χ1n) is 7.33. The Hall–Kier alpha value is -2.33. The molecule has 0 aliphatic carbocycles. The number of rotatable bonds is 7. The summed E-state index contributed by atoms with van der Waals surface area (Å²) in [6.45, 7) is 2.56. The summed E-state index contributed by atoms with van der Waals surface area (Å²) in [5.74, 6) is -0.881. The second-order valence-electron chi connectivity index (χ2n) is 5.50. The molecule has 0 aliphatic rings. The van der Waals surface area contributed by atoms with Crippen LogP contribution in [0.25, 0.3) is 0 Å². The lowest BCUT2D eigenvalue weighted by Crippen LogP contribution is -2.30. The van der Waals surface area contributed by atoms with Gasteiger partial charge in [0.1, 0.15) is 0 Å². The highest BCUT2D eigenvalue weighted by Crippen LogP contribution is 2.11. The standard InChI is InChI=1S/C18H22N2O2/c1-19(11-12-20(2)17-9-4-3-5-10-17)14-15-7-6-8-16(13-15)18(21)22/h3-10,13H,11-12,14H2,1-2H3,(H,21,22). The fourth-order valence-corrected chi connectivity index (χ4v) is 2.33. The summed E-state index contributed by atoms with van der Waals surface area (Å²) in [6, 6.07) is 17.4. The van der Waals surface area contributed by atoms with Crippen LogP contribution in [0.5, 0.6) is 0 Å². The number of aromatic carboxylic acids is 1. The molecule has 4 nitrogen and oxygen atoms in total. The van der Waals surface area contributed by atoms with Crippen molar-refractivity contribution in [3.8, 4) is 0 Å². The van der Waals surface area contributed by atoms with E-state index in [1.807, 2.05) is 31.3 Å². The van der Waals surface area contributed by atoms with Crippen molar-refractivity contribution in [3.63, 3.8) is 0 Å².